The fourth-order valence-corrected chi connectivity index (χ4v) is 2.58. The molecule has 3 amide bonds. The van der Waals surface area contributed by atoms with Crippen LogP contribution in [-0.2, 0) is 11.2 Å². The lowest BCUT2D eigenvalue weighted by Crippen LogP contribution is -2.30. The Hall–Kier alpha value is -3.61. The minimum Gasteiger partial charge on any atom is -0.338 e. The Kier molecular flexibility index (Phi) is 5.84. The zero-order valence-corrected chi connectivity index (χ0v) is 15.0. The van der Waals surface area contributed by atoms with E-state index in [0.29, 0.717) is 24.3 Å². The molecule has 0 spiro atoms. The number of carbonyl (C=O) groups is 2. The molecule has 7 nitrogen and oxygen atoms in total. The van der Waals surface area contributed by atoms with Crippen molar-refractivity contribution in [3.05, 3.63) is 72.6 Å². The van der Waals surface area contributed by atoms with Crippen molar-refractivity contribution in [3.63, 3.8) is 0 Å². The molecular weight excluding hydrogens is 342 g/mol. The van der Waals surface area contributed by atoms with Gasteiger partial charge in [-0.25, -0.2) is 9.48 Å². The van der Waals surface area contributed by atoms with Gasteiger partial charge in [0.2, 0.25) is 5.91 Å². The lowest BCUT2D eigenvalue weighted by atomic mass is 10.2. The van der Waals surface area contributed by atoms with E-state index >= 15 is 0 Å². The number of aromatic nitrogens is 2. The number of anilines is 2. The van der Waals surface area contributed by atoms with E-state index < -0.39 is 0 Å². The summed E-state index contributed by atoms with van der Waals surface area (Å²) in [5.74, 6) is -0.160. The van der Waals surface area contributed by atoms with Gasteiger partial charge in [0, 0.05) is 31.0 Å². The van der Waals surface area contributed by atoms with Crippen LogP contribution in [0.2, 0.25) is 0 Å². The number of para-hydroxylation sites is 1. The second kappa shape index (κ2) is 8.66. The topological polar surface area (TPSA) is 88.1 Å². The van der Waals surface area contributed by atoms with Crippen LogP contribution in [-0.4, -0.2) is 28.3 Å². The van der Waals surface area contributed by atoms with Gasteiger partial charge in [-0.15, -0.1) is 0 Å². The number of urea groups is 1. The summed E-state index contributed by atoms with van der Waals surface area (Å²) in [5.41, 5.74) is 3.27. The standard InChI is InChI=1S/C20H21N5O2/c1-15(26)23-17-6-5-7-18(12-17)24-20(27)21-11-10-16-13-22-25(14-16)19-8-3-2-4-9-19/h2-9,12-14H,10-11H2,1H3,(H,23,26)(H2,21,24,27). The molecule has 0 saturated heterocycles. The highest BCUT2D eigenvalue weighted by Gasteiger charge is 2.05. The van der Waals surface area contributed by atoms with Crippen molar-refractivity contribution < 1.29 is 9.59 Å². The second-order valence-corrected chi connectivity index (χ2v) is 6.02. The molecule has 1 aromatic heterocycles. The molecule has 1 heterocycles. The van der Waals surface area contributed by atoms with E-state index in [1.807, 2.05) is 41.2 Å². The number of hydrogen-bond donors (Lipinski definition) is 3. The first-order valence-corrected chi connectivity index (χ1v) is 8.61. The zero-order valence-electron chi connectivity index (χ0n) is 15.0. The van der Waals surface area contributed by atoms with Crippen LogP contribution in [0.4, 0.5) is 16.2 Å². The molecule has 138 valence electrons. The molecule has 0 fully saturated rings. The van der Waals surface area contributed by atoms with Crippen LogP contribution in [0.1, 0.15) is 12.5 Å². The molecular formula is C20H21N5O2. The number of benzene rings is 2. The lowest BCUT2D eigenvalue weighted by Gasteiger charge is -2.09. The van der Waals surface area contributed by atoms with Gasteiger partial charge in [0.05, 0.1) is 11.9 Å². The summed E-state index contributed by atoms with van der Waals surface area (Å²) in [5, 5.41) is 12.6. The highest BCUT2D eigenvalue weighted by atomic mass is 16.2. The average molecular weight is 363 g/mol. The van der Waals surface area contributed by atoms with E-state index in [2.05, 4.69) is 21.0 Å². The Bertz CT molecular complexity index is 921. The lowest BCUT2D eigenvalue weighted by molar-refractivity contribution is -0.114. The number of hydrogen-bond acceptors (Lipinski definition) is 3. The van der Waals surface area contributed by atoms with Gasteiger partial charge in [-0.1, -0.05) is 24.3 Å². The highest BCUT2D eigenvalue weighted by molar-refractivity contribution is 5.92. The van der Waals surface area contributed by atoms with Gasteiger partial charge < -0.3 is 16.0 Å². The predicted molar refractivity (Wildman–Crippen MR) is 105 cm³/mol. The molecule has 0 aliphatic carbocycles. The Morgan fingerprint density at radius 3 is 2.48 bits per heavy atom. The number of nitrogens with one attached hydrogen (secondary N) is 3. The smallest absolute Gasteiger partial charge is 0.319 e. The molecule has 3 rings (SSSR count). The maximum atomic E-state index is 12.0. The van der Waals surface area contributed by atoms with E-state index in [1.54, 1.807) is 30.5 Å². The third kappa shape index (κ3) is 5.43. The molecule has 0 unspecified atom stereocenters. The fourth-order valence-electron chi connectivity index (χ4n) is 2.58. The number of carbonyl (C=O) groups excluding carboxylic acids is 2. The Morgan fingerprint density at radius 1 is 1.00 bits per heavy atom. The number of nitrogens with zero attached hydrogens (tertiary/aromatic N) is 2. The van der Waals surface area contributed by atoms with Crippen molar-refractivity contribution in [1.29, 1.82) is 0 Å². The summed E-state index contributed by atoms with van der Waals surface area (Å²) in [4.78, 5) is 23.1. The van der Waals surface area contributed by atoms with Crippen molar-refractivity contribution in [2.75, 3.05) is 17.2 Å². The third-order valence-corrected chi connectivity index (χ3v) is 3.80. The summed E-state index contributed by atoms with van der Waals surface area (Å²) >= 11 is 0. The predicted octanol–water partition coefficient (Wildman–Crippen LogP) is 3.19. The summed E-state index contributed by atoms with van der Waals surface area (Å²) < 4.78 is 1.81. The summed E-state index contributed by atoms with van der Waals surface area (Å²) in [6.07, 6.45) is 4.42. The van der Waals surface area contributed by atoms with Crippen molar-refractivity contribution in [2.24, 2.45) is 0 Å². The van der Waals surface area contributed by atoms with Crippen molar-refractivity contribution in [3.8, 4) is 5.69 Å². The summed E-state index contributed by atoms with van der Waals surface area (Å²) in [7, 11) is 0. The van der Waals surface area contributed by atoms with Gasteiger partial charge in [0.1, 0.15) is 0 Å². The second-order valence-electron chi connectivity index (χ2n) is 6.02. The maximum Gasteiger partial charge on any atom is 0.319 e. The Morgan fingerprint density at radius 2 is 1.74 bits per heavy atom. The van der Waals surface area contributed by atoms with Gasteiger partial charge in [-0.2, -0.15) is 5.10 Å². The van der Waals surface area contributed by atoms with Crippen molar-refractivity contribution in [1.82, 2.24) is 15.1 Å². The Balaban J connectivity index is 1.47. The third-order valence-electron chi connectivity index (χ3n) is 3.80. The number of amides is 3. The molecule has 0 atom stereocenters. The quantitative estimate of drug-likeness (QED) is 0.628. The molecule has 7 heteroatoms. The SMILES string of the molecule is CC(=O)Nc1cccc(NC(=O)NCCc2cnn(-c3ccccc3)c2)c1. The van der Waals surface area contributed by atoms with Gasteiger partial charge >= 0.3 is 6.03 Å². The minimum atomic E-state index is -0.301. The van der Waals surface area contributed by atoms with Crippen molar-refractivity contribution >= 4 is 23.3 Å². The van der Waals surface area contributed by atoms with E-state index in [4.69, 9.17) is 0 Å². The molecule has 0 saturated carbocycles. The van der Waals surface area contributed by atoms with E-state index in [-0.39, 0.29) is 11.9 Å². The largest absolute Gasteiger partial charge is 0.338 e. The molecule has 27 heavy (non-hydrogen) atoms. The van der Waals surface area contributed by atoms with Crippen LogP contribution in [0, 0.1) is 0 Å². The molecule has 0 radical (unpaired) electrons. The monoisotopic (exact) mass is 363 g/mol. The molecule has 0 aliphatic heterocycles. The summed E-state index contributed by atoms with van der Waals surface area (Å²) in [6, 6.07) is 16.5. The van der Waals surface area contributed by atoms with Crippen LogP contribution in [0.3, 0.4) is 0 Å². The molecule has 0 bridgehead atoms. The first-order valence-electron chi connectivity index (χ1n) is 8.61. The zero-order chi connectivity index (χ0) is 19.1. The minimum absolute atomic E-state index is 0.160. The Labute approximate surface area is 157 Å². The summed E-state index contributed by atoms with van der Waals surface area (Å²) in [6.45, 7) is 1.92. The van der Waals surface area contributed by atoms with Crippen molar-refractivity contribution in [2.45, 2.75) is 13.3 Å². The normalized spacial score (nSPS) is 10.3. The first-order chi connectivity index (χ1) is 13.1. The molecule has 2 aromatic carbocycles. The van der Waals surface area contributed by atoms with Crippen LogP contribution < -0.4 is 16.0 Å². The molecule has 3 aromatic rings. The highest BCUT2D eigenvalue weighted by Crippen LogP contribution is 2.15. The van der Waals surface area contributed by atoms with Crippen LogP contribution in [0.25, 0.3) is 5.69 Å². The molecule has 3 N–H and O–H groups in total. The van der Waals surface area contributed by atoms with E-state index in [1.165, 1.54) is 6.92 Å². The van der Waals surface area contributed by atoms with Crippen LogP contribution in [0.5, 0.6) is 0 Å². The van der Waals surface area contributed by atoms with Gasteiger partial charge in [-0.3, -0.25) is 4.79 Å². The van der Waals surface area contributed by atoms with Crippen LogP contribution >= 0.6 is 0 Å². The molecule has 0 aliphatic rings. The van der Waals surface area contributed by atoms with Gasteiger partial charge in [0.15, 0.2) is 0 Å². The fraction of sp³-hybridized carbons (Fsp3) is 0.150. The number of rotatable bonds is 6. The first kappa shape index (κ1) is 18.2. The van der Waals surface area contributed by atoms with E-state index in [0.717, 1.165) is 11.3 Å². The van der Waals surface area contributed by atoms with Gasteiger partial charge in [-0.05, 0) is 42.3 Å². The van der Waals surface area contributed by atoms with E-state index in [9.17, 15) is 9.59 Å². The van der Waals surface area contributed by atoms with Crippen LogP contribution in [0.15, 0.2) is 67.0 Å². The van der Waals surface area contributed by atoms with Gasteiger partial charge in [0.25, 0.3) is 0 Å². The average Bonchev–Trinajstić information content (AvgIpc) is 3.11. The maximum absolute atomic E-state index is 12.0.